The molecule has 0 spiro atoms. The van der Waals surface area contributed by atoms with E-state index < -0.39 is 11.6 Å². The number of aryl methyl sites for hydroxylation is 1. The Balaban J connectivity index is 1.04. The molecule has 1 amide bonds. The summed E-state index contributed by atoms with van der Waals surface area (Å²) >= 11 is 0. The molecule has 224 valence electrons. The summed E-state index contributed by atoms with van der Waals surface area (Å²) in [7, 11) is 0. The lowest BCUT2D eigenvalue weighted by Crippen LogP contribution is -2.49. The van der Waals surface area contributed by atoms with E-state index in [2.05, 4.69) is 71.0 Å². The number of likely N-dealkylation sites (tertiary alicyclic amines) is 1. The van der Waals surface area contributed by atoms with E-state index in [-0.39, 0.29) is 17.7 Å². The van der Waals surface area contributed by atoms with Crippen molar-refractivity contribution in [1.29, 1.82) is 0 Å². The van der Waals surface area contributed by atoms with Crippen LogP contribution in [-0.2, 0) is 16.6 Å². The highest BCUT2D eigenvalue weighted by Crippen LogP contribution is 2.45. The Morgan fingerprint density at radius 3 is 2.23 bits per heavy atom. The Morgan fingerprint density at radius 1 is 0.884 bits per heavy atom. The first-order chi connectivity index (χ1) is 20.9. The van der Waals surface area contributed by atoms with Gasteiger partial charge in [0, 0.05) is 37.3 Å². The molecule has 0 saturated carbocycles. The van der Waals surface area contributed by atoms with Crippen molar-refractivity contribution >= 4 is 16.9 Å². The zero-order valence-electron chi connectivity index (χ0n) is 24.9. The number of nitrogens with zero attached hydrogens (tertiary/aromatic N) is 4. The Morgan fingerprint density at radius 2 is 1.53 bits per heavy atom. The van der Waals surface area contributed by atoms with Gasteiger partial charge in [-0.1, -0.05) is 42.5 Å². The molecule has 0 radical (unpaired) electrons. The number of amides is 1. The van der Waals surface area contributed by atoms with Gasteiger partial charge in [-0.25, -0.2) is 13.8 Å². The molecular weight excluding hydrogens is 542 g/mol. The number of fused-ring (bicyclic) bond motifs is 3. The lowest BCUT2D eigenvalue weighted by atomic mass is 9.70. The van der Waals surface area contributed by atoms with Crippen molar-refractivity contribution < 1.29 is 13.6 Å². The number of carbonyl (C=O) groups excluding carboxylic acids is 1. The fourth-order valence-electron chi connectivity index (χ4n) is 8.45. The highest BCUT2D eigenvalue weighted by Gasteiger charge is 2.44. The molecule has 3 aliphatic heterocycles. The summed E-state index contributed by atoms with van der Waals surface area (Å²) in [6.45, 7) is 4.53. The van der Waals surface area contributed by atoms with Crippen molar-refractivity contribution in [3.63, 3.8) is 0 Å². The van der Waals surface area contributed by atoms with Gasteiger partial charge < -0.3 is 9.47 Å². The highest BCUT2D eigenvalue weighted by atomic mass is 19.1. The Labute approximate surface area is 252 Å². The summed E-state index contributed by atoms with van der Waals surface area (Å²) < 4.78 is 29.9. The minimum absolute atomic E-state index is 0.0103. The standard InChI is InChI=1S/C36H40F2N4O/c1-25-39-33-9-5-6-10-34(33)42(25)32-23-30-11-12-31(24-32)41(30)18-15-36(27-7-3-2-4-8-27)13-16-40(17-14-36)35(43)21-26-19-28(37)22-29(38)20-26/h2-10,19-20,22,30-32H,11-18,21,23-24H2,1H3/t30-,31+,32?. The number of aromatic nitrogens is 2. The van der Waals surface area contributed by atoms with Crippen molar-refractivity contribution in [2.45, 2.75) is 81.8 Å². The van der Waals surface area contributed by atoms with E-state index in [0.717, 1.165) is 43.2 Å². The predicted octanol–water partition coefficient (Wildman–Crippen LogP) is 6.98. The number of halogens is 2. The fourth-order valence-corrected chi connectivity index (χ4v) is 8.45. The number of piperidine rings is 2. The molecule has 3 fully saturated rings. The molecule has 1 aromatic heterocycles. The van der Waals surface area contributed by atoms with Crippen LogP contribution in [0.5, 0.6) is 0 Å². The van der Waals surface area contributed by atoms with Crippen LogP contribution in [0.25, 0.3) is 11.0 Å². The molecule has 1 unspecified atom stereocenters. The van der Waals surface area contributed by atoms with E-state index in [1.165, 1.54) is 48.9 Å². The molecular formula is C36H40F2N4O. The van der Waals surface area contributed by atoms with Crippen molar-refractivity contribution in [1.82, 2.24) is 19.4 Å². The summed E-state index contributed by atoms with van der Waals surface area (Å²) in [6, 6.07) is 24.4. The quantitative estimate of drug-likeness (QED) is 0.236. The van der Waals surface area contributed by atoms with Gasteiger partial charge in [0.2, 0.25) is 5.91 Å². The molecule has 3 aliphatic rings. The van der Waals surface area contributed by atoms with Gasteiger partial charge in [0.1, 0.15) is 17.5 Å². The molecule has 43 heavy (non-hydrogen) atoms. The van der Waals surface area contributed by atoms with E-state index >= 15 is 0 Å². The number of imidazole rings is 1. The Kier molecular flexibility index (Phi) is 7.54. The maximum absolute atomic E-state index is 13.7. The maximum Gasteiger partial charge on any atom is 0.226 e. The number of carbonyl (C=O) groups is 1. The number of hydrogen-bond donors (Lipinski definition) is 0. The van der Waals surface area contributed by atoms with Gasteiger partial charge in [-0.15, -0.1) is 0 Å². The van der Waals surface area contributed by atoms with Crippen molar-refractivity contribution in [2.24, 2.45) is 0 Å². The SMILES string of the molecule is Cc1nc2ccccc2n1C1C[C@H]2CC[C@@H](C1)N2CCC1(c2ccccc2)CCN(C(=O)Cc2cc(F)cc(F)c2)CC1. The minimum Gasteiger partial charge on any atom is -0.342 e. The third-order valence-corrected chi connectivity index (χ3v) is 10.6. The lowest BCUT2D eigenvalue weighted by molar-refractivity contribution is -0.132. The lowest BCUT2D eigenvalue weighted by Gasteiger charge is -2.45. The van der Waals surface area contributed by atoms with Crippen LogP contribution in [0.4, 0.5) is 8.78 Å². The van der Waals surface area contributed by atoms with Crippen LogP contribution in [-0.4, -0.2) is 57.0 Å². The second-order valence-electron chi connectivity index (χ2n) is 13.0. The monoisotopic (exact) mass is 582 g/mol. The smallest absolute Gasteiger partial charge is 0.226 e. The van der Waals surface area contributed by atoms with Gasteiger partial charge in [0.05, 0.1) is 17.5 Å². The predicted molar refractivity (Wildman–Crippen MR) is 165 cm³/mol. The van der Waals surface area contributed by atoms with Gasteiger partial charge in [0.15, 0.2) is 0 Å². The van der Waals surface area contributed by atoms with Gasteiger partial charge in [-0.3, -0.25) is 9.69 Å². The number of rotatable bonds is 7. The first kappa shape index (κ1) is 28.2. The minimum atomic E-state index is -0.643. The van der Waals surface area contributed by atoms with E-state index in [1.807, 2.05) is 4.90 Å². The molecule has 4 heterocycles. The summed E-state index contributed by atoms with van der Waals surface area (Å²) in [6.07, 6.45) is 7.73. The molecule has 7 rings (SSSR count). The molecule has 3 saturated heterocycles. The topological polar surface area (TPSA) is 41.4 Å². The van der Waals surface area contributed by atoms with Gasteiger partial charge >= 0.3 is 0 Å². The Bertz CT molecular complexity index is 1580. The third kappa shape index (κ3) is 5.48. The maximum atomic E-state index is 13.7. The van der Waals surface area contributed by atoms with E-state index in [0.29, 0.717) is 36.8 Å². The van der Waals surface area contributed by atoms with Gasteiger partial charge in [-0.05, 0) is 99.2 Å². The normalized spacial score (nSPS) is 23.6. The van der Waals surface area contributed by atoms with Crippen LogP contribution in [0, 0.1) is 18.6 Å². The number of para-hydroxylation sites is 2. The zero-order chi connectivity index (χ0) is 29.6. The first-order valence-corrected chi connectivity index (χ1v) is 15.9. The number of hydrogen-bond acceptors (Lipinski definition) is 3. The second kappa shape index (κ2) is 11.5. The van der Waals surface area contributed by atoms with E-state index in [9.17, 15) is 13.6 Å². The second-order valence-corrected chi connectivity index (χ2v) is 13.0. The van der Waals surface area contributed by atoms with Crippen molar-refractivity contribution in [3.05, 3.63) is 101 Å². The molecule has 4 aromatic rings. The molecule has 0 aliphatic carbocycles. The molecule has 2 bridgehead atoms. The molecule has 3 atom stereocenters. The largest absolute Gasteiger partial charge is 0.342 e. The molecule has 3 aromatic carbocycles. The summed E-state index contributed by atoms with van der Waals surface area (Å²) in [4.78, 5) is 22.7. The van der Waals surface area contributed by atoms with Crippen molar-refractivity contribution in [2.75, 3.05) is 19.6 Å². The van der Waals surface area contributed by atoms with Crippen LogP contribution < -0.4 is 0 Å². The average Bonchev–Trinajstić information content (AvgIpc) is 3.46. The van der Waals surface area contributed by atoms with Crippen LogP contribution in [0.1, 0.15) is 67.9 Å². The Hall–Kier alpha value is -3.58. The van der Waals surface area contributed by atoms with E-state index in [4.69, 9.17) is 4.98 Å². The first-order valence-electron chi connectivity index (χ1n) is 15.9. The van der Waals surface area contributed by atoms with Gasteiger partial charge in [-0.2, -0.15) is 0 Å². The average molecular weight is 583 g/mol. The van der Waals surface area contributed by atoms with Crippen LogP contribution >= 0.6 is 0 Å². The summed E-state index contributed by atoms with van der Waals surface area (Å²) in [5.41, 5.74) is 4.10. The van der Waals surface area contributed by atoms with Crippen LogP contribution in [0.15, 0.2) is 72.8 Å². The third-order valence-electron chi connectivity index (χ3n) is 10.6. The highest BCUT2D eigenvalue weighted by molar-refractivity contribution is 5.79. The summed E-state index contributed by atoms with van der Waals surface area (Å²) in [5.74, 6) is -0.230. The van der Waals surface area contributed by atoms with Crippen LogP contribution in [0.3, 0.4) is 0 Å². The zero-order valence-corrected chi connectivity index (χ0v) is 24.9. The van der Waals surface area contributed by atoms with Crippen molar-refractivity contribution in [3.8, 4) is 0 Å². The molecule has 0 N–H and O–H groups in total. The molecule has 7 heteroatoms. The summed E-state index contributed by atoms with van der Waals surface area (Å²) in [5, 5.41) is 0. The van der Waals surface area contributed by atoms with E-state index in [1.54, 1.807) is 0 Å². The number of benzene rings is 3. The molecule has 5 nitrogen and oxygen atoms in total. The van der Waals surface area contributed by atoms with Gasteiger partial charge in [0.25, 0.3) is 0 Å². The van der Waals surface area contributed by atoms with Crippen LogP contribution in [0.2, 0.25) is 0 Å². The fraction of sp³-hybridized carbons (Fsp3) is 0.444.